The van der Waals surface area contributed by atoms with Crippen molar-refractivity contribution in [3.8, 4) is 0 Å². The third-order valence-electron chi connectivity index (χ3n) is 3.84. The van der Waals surface area contributed by atoms with Crippen LogP contribution in [0, 0.1) is 0 Å². The predicted octanol–water partition coefficient (Wildman–Crippen LogP) is 3.49. The number of hydrogen-bond donors (Lipinski definition) is 1. The number of allylic oxidation sites excluding steroid dienone is 5. The molecule has 0 fully saturated rings. The smallest absolute Gasteiger partial charge is 0.266 e. The van der Waals surface area contributed by atoms with E-state index in [1.54, 1.807) is 20.8 Å². The molecule has 1 atom stereocenters. The van der Waals surface area contributed by atoms with E-state index in [9.17, 15) is 23.5 Å². The van der Waals surface area contributed by atoms with Gasteiger partial charge in [-0.2, -0.15) is 8.78 Å². The van der Waals surface area contributed by atoms with E-state index in [-0.39, 0.29) is 37.2 Å². The maximum absolute atomic E-state index is 12.1. The standard InChI is InChI=1S/C16H20F2O3/c1-9-10(2)16(21)13(11(3)15(9)20)8-7-12(19)5-4-6-14(17)18/h6,12,19H,4-5,7-8H2,1-3H3. The van der Waals surface area contributed by atoms with Crippen molar-refractivity contribution in [2.24, 2.45) is 0 Å². The zero-order chi connectivity index (χ0) is 16.2. The summed E-state index contributed by atoms with van der Waals surface area (Å²) in [6.45, 7) is 4.86. The van der Waals surface area contributed by atoms with Crippen LogP contribution >= 0.6 is 0 Å². The highest BCUT2D eigenvalue weighted by Gasteiger charge is 2.27. The van der Waals surface area contributed by atoms with Crippen molar-refractivity contribution in [1.82, 2.24) is 0 Å². The molecule has 1 rings (SSSR count). The van der Waals surface area contributed by atoms with Crippen LogP contribution in [0.2, 0.25) is 0 Å². The van der Waals surface area contributed by atoms with Crippen LogP contribution in [0.5, 0.6) is 0 Å². The van der Waals surface area contributed by atoms with Gasteiger partial charge in [-0.15, -0.1) is 0 Å². The molecule has 1 aliphatic rings. The Morgan fingerprint density at radius 2 is 1.62 bits per heavy atom. The van der Waals surface area contributed by atoms with Gasteiger partial charge < -0.3 is 5.11 Å². The Bertz CT molecular complexity index is 538. The van der Waals surface area contributed by atoms with Crippen molar-refractivity contribution in [1.29, 1.82) is 0 Å². The quantitative estimate of drug-likeness (QED) is 0.764. The number of carbonyl (C=O) groups is 2. The summed E-state index contributed by atoms with van der Waals surface area (Å²) in [6, 6.07) is 0. The lowest BCUT2D eigenvalue weighted by molar-refractivity contribution is -0.116. The summed E-state index contributed by atoms with van der Waals surface area (Å²) in [4.78, 5) is 24.1. The Morgan fingerprint density at radius 1 is 1.05 bits per heavy atom. The van der Waals surface area contributed by atoms with Gasteiger partial charge in [0.15, 0.2) is 11.6 Å². The zero-order valence-electron chi connectivity index (χ0n) is 12.5. The summed E-state index contributed by atoms with van der Waals surface area (Å²) in [6.07, 6.45) is -0.907. The topological polar surface area (TPSA) is 54.4 Å². The van der Waals surface area contributed by atoms with E-state index in [1.165, 1.54) is 0 Å². The summed E-state index contributed by atoms with van der Waals surface area (Å²) in [5.41, 5.74) is 1.75. The number of halogens is 2. The molecule has 1 N–H and O–H groups in total. The minimum Gasteiger partial charge on any atom is -0.393 e. The SMILES string of the molecule is CC1=C(C)C(=O)C(CCC(O)CCC=C(F)F)=C(C)C1=O. The number of aliphatic hydroxyl groups is 1. The van der Waals surface area contributed by atoms with Crippen LogP contribution in [0.4, 0.5) is 8.78 Å². The van der Waals surface area contributed by atoms with E-state index in [0.717, 1.165) is 6.08 Å². The number of hydrogen-bond acceptors (Lipinski definition) is 3. The highest BCUT2D eigenvalue weighted by Crippen LogP contribution is 2.27. The molecule has 0 amide bonds. The molecule has 0 bridgehead atoms. The van der Waals surface area contributed by atoms with Gasteiger partial charge in [0.2, 0.25) is 0 Å². The molecule has 0 radical (unpaired) electrons. The van der Waals surface area contributed by atoms with Crippen molar-refractivity contribution in [3.63, 3.8) is 0 Å². The first-order chi connectivity index (χ1) is 9.75. The maximum Gasteiger partial charge on any atom is 0.266 e. The van der Waals surface area contributed by atoms with Crippen LogP contribution < -0.4 is 0 Å². The Morgan fingerprint density at radius 3 is 2.19 bits per heavy atom. The lowest BCUT2D eigenvalue weighted by Crippen LogP contribution is -2.21. The Hall–Kier alpha value is -1.62. The summed E-state index contributed by atoms with van der Waals surface area (Å²) in [5.74, 6) is -0.300. The second-order valence-corrected chi connectivity index (χ2v) is 5.28. The van der Waals surface area contributed by atoms with Gasteiger partial charge in [0.1, 0.15) is 0 Å². The largest absolute Gasteiger partial charge is 0.393 e. The lowest BCUT2D eigenvalue weighted by atomic mass is 9.83. The van der Waals surface area contributed by atoms with Crippen LogP contribution in [0.15, 0.2) is 34.4 Å². The molecule has 0 heterocycles. The van der Waals surface area contributed by atoms with Crippen molar-refractivity contribution in [2.75, 3.05) is 0 Å². The highest BCUT2D eigenvalue weighted by molar-refractivity contribution is 6.24. The van der Waals surface area contributed by atoms with Gasteiger partial charge in [0.25, 0.3) is 6.08 Å². The summed E-state index contributed by atoms with van der Waals surface area (Å²) >= 11 is 0. The van der Waals surface area contributed by atoms with Crippen LogP contribution in [0.3, 0.4) is 0 Å². The predicted molar refractivity (Wildman–Crippen MR) is 75.9 cm³/mol. The van der Waals surface area contributed by atoms with Crippen LogP contribution in [-0.2, 0) is 9.59 Å². The first-order valence-electron chi connectivity index (χ1n) is 6.91. The number of rotatable bonds is 6. The number of aliphatic hydroxyl groups excluding tert-OH is 1. The van der Waals surface area contributed by atoms with E-state index < -0.39 is 12.2 Å². The fraction of sp³-hybridized carbons (Fsp3) is 0.500. The molecule has 0 saturated heterocycles. The number of ketones is 2. The molecule has 1 aliphatic carbocycles. The van der Waals surface area contributed by atoms with Crippen molar-refractivity contribution in [2.45, 2.75) is 52.6 Å². The van der Waals surface area contributed by atoms with Crippen LogP contribution in [-0.4, -0.2) is 22.8 Å². The van der Waals surface area contributed by atoms with Crippen molar-refractivity contribution in [3.05, 3.63) is 34.4 Å². The third-order valence-corrected chi connectivity index (χ3v) is 3.84. The maximum atomic E-state index is 12.1. The Balaban J connectivity index is 2.65. The van der Waals surface area contributed by atoms with E-state index in [4.69, 9.17) is 0 Å². The molecule has 0 spiro atoms. The van der Waals surface area contributed by atoms with E-state index >= 15 is 0 Å². The minimum atomic E-state index is -1.76. The van der Waals surface area contributed by atoms with Crippen LogP contribution in [0.25, 0.3) is 0 Å². The van der Waals surface area contributed by atoms with Crippen LogP contribution in [0.1, 0.15) is 46.5 Å². The number of Topliss-reactive ketones (excluding diaryl/α,β-unsaturated/α-hetero) is 2. The minimum absolute atomic E-state index is 0.0897. The van der Waals surface area contributed by atoms with Gasteiger partial charge >= 0.3 is 0 Å². The van der Waals surface area contributed by atoms with Gasteiger partial charge in [-0.05, 0) is 52.5 Å². The molecule has 5 heteroatoms. The first kappa shape index (κ1) is 17.4. The molecule has 21 heavy (non-hydrogen) atoms. The molecule has 0 aromatic heterocycles. The fourth-order valence-electron chi connectivity index (χ4n) is 2.30. The number of carbonyl (C=O) groups excluding carboxylic acids is 2. The molecule has 0 saturated carbocycles. The highest BCUT2D eigenvalue weighted by atomic mass is 19.3. The van der Waals surface area contributed by atoms with E-state index in [1.807, 2.05) is 0 Å². The van der Waals surface area contributed by atoms with Gasteiger partial charge in [0.05, 0.1) is 6.10 Å². The summed E-state index contributed by atoms with van der Waals surface area (Å²) in [5, 5.41) is 9.74. The molecule has 116 valence electrons. The molecule has 3 nitrogen and oxygen atoms in total. The monoisotopic (exact) mass is 298 g/mol. The summed E-state index contributed by atoms with van der Waals surface area (Å²) < 4.78 is 23.7. The van der Waals surface area contributed by atoms with Crippen molar-refractivity contribution >= 4 is 11.6 Å². The van der Waals surface area contributed by atoms with Gasteiger partial charge in [-0.1, -0.05) is 0 Å². The normalized spacial score (nSPS) is 17.4. The first-order valence-corrected chi connectivity index (χ1v) is 6.91. The average molecular weight is 298 g/mol. The van der Waals surface area contributed by atoms with Gasteiger partial charge in [-0.25, -0.2) is 0 Å². The molecule has 0 aromatic rings. The molecule has 1 unspecified atom stereocenters. The molecular formula is C16H20F2O3. The molecule has 0 aliphatic heterocycles. The third kappa shape index (κ3) is 4.43. The van der Waals surface area contributed by atoms with Gasteiger partial charge in [-0.3, -0.25) is 9.59 Å². The Labute approximate surface area is 123 Å². The molecular weight excluding hydrogens is 278 g/mol. The second kappa shape index (κ2) is 7.41. The fourth-order valence-corrected chi connectivity index (χ4v) is 2.30. The molecule has 0 aromatic carbocycles. The average Bonchev–Trinajstić information content (AvgIpc) is 2.42. The summed E-state index contributed by atoms with van der Waals surface area (Å²) in [7, 11) is 0. The van der Waals surface area contributed by atoms with E-state index in [0.29, 0.717) is 22.3 Å². The van der Waals surface area contributed by atoms with Crippen molar-refractivity contribution < 1.29 is 23.5 Å². The Kier molecular flexibility index (Phi) is 6.15. The zero-order valence-corrected chi connectivity index (χ0v) is 12.5. The van der Waals surface area contributed by atoms with Gasteiger partial charge in [0, 0.05) is 22.3 Å². The lowest BCUT2D eigenvalue weighted by Gasteiger charge is -2.19. The second-order valence-electron chi connectivity index (χ2n) is 5.28. The van der Waals surface area contributed by atoms with E-state index in [2.05, 4.69) is 0 Å².